The van der Waals surface area contributed by atoms with Crippen molar-refractivity contribution in [3.05, 3.63) is 65.5 Å². The molecule has 5 nitrogen and oxygen atoms in total. The minimum atomic E-state index is -0.621. The van der Waals surface area contributed by atoms with Gasteiger partial charge in [-0.25, -0.2) is 4.39 Å². The lowest BCUT2D eigenvalue weighted by molar-refractivity contribution is -0.147. The number of ether oxygens (including phenoxy) is 1. The first-order chi connectivity index (χ1) is 14.0. The van der Waals surface area contributed by atoms with Crippen molar-refractivity contribution in [2.45, 2.75) is 45.4 Å². The van der Waals surface area contributed by atoms with Crippen LogP contribution in [0.25, 0.3) is 0 Å². The van der Waals surface area contributed by atoms with Crippen molar-refractivity contribution in [3.8, 4) is 0 Å². The average Bonchev–Trinajstić information content (AvgIpc) is 2.73. The van der Waals surface area contributed by atoms with E-state index in [0.29, 0.717) is 11.3 Å². The molecular weight excluding hydrogens is 373 g/mol. The Balaban J connectivity index is 1.69. The number of hydrogen-bond acceptors (Lipinski definition) is 4. The van der Waals surface area contributed by atoms with Crippen LogP contribution in [-0.2, 0) is 20.7 Å². The van der Waals surface area contributed by atoms with E-state index in [-0.39, 0.29) is 18.6 Å². The lowest BCUT2D eigenvalue weighted by atomic mass is 10.0. The molecule has 0 spiro atoms. The van der Waals surface area contributed by atoms with Crippen molar-refractivity contribution in [2.24, 2.45) is 0 Å². The zero-order valence-electron chi connectivity index (χ0n) is 16.6. The molecule has 1 amide bonds. The Kier molecular flexibility index (Phi) is 9.02. The molecule has 2 aromatic rings. The van der Waals surface area contributed by atoms with Crippen molar-refractivity contribution in [1.82, 2.24) is 0 Å². The first-order valence-corrected chi connectivity index (χ1v) is 9.81. The third-order valence-corrected chi connectivity index (χ3v) is 4.39. The number of amides is 1. The number of benzene rings is 2. The Bertz CT molecular complexity index is 816. The standard InChI is InChI=1S/C23H26FNO4/c1-2-3-4-5-17-6-8-18(9-7-17)21(26)14-15-23(28)29-16-22(27)25-20-12-10-19(24)11-13-20/h6-13H,2-5,14-16H2,1H3,(H,25,27). The Morgan fingerprint density at radius 3 is 2.28 bits per heavy atom. The van der Waals surface area contributed by atoms with Crippen molar-refractivity contribution in [3.63, 3.8) is 0 Å². The molecule has 0 atom stereocenters. The molecule has 0 saturated carbocycles. The van der Waals surface area contributed by atoms with Gasteiger partial charge in [0.2, 0.25) is 0 Å². The summed E-state index contributed by atoms with van der Waals surface area (Å²) < 4.78 is 17.7. The minimum absolute atomic E-state index is 0.0214. The number of anilines is 1. The lowest BCUT2D eigenvalue weighted by Gasteiger charge is -2.07. The molecule has 0 aliphatic carbocycles. The maximum absolute atomic E-state index is 12.8. The van der Waals surface area contributed by atoms with Gasteiger partial charge in [-0.15, -0.1) is 0 Å². The van der Waals surface area contributed by atoms with Crippen molar-refractivity contribution >= 4 is 23.3 Å². The molecule has 0 saturated heterocycles. The number of hydrogen-bond donors (Lipinski definition) is 1. The molecule has 0 aliphatic rings. The van der Waals surface area contributed by atoms with Crippen LogP contribution in [-0.4, -0.2) is 24.3 Å². The third-order valence-electron chi connectivity index (χ3n) is 4.39. The Hall–Kier alpha value is -3.02. The van der Waals surface area contributed by atoms with E-state index < -0.39 is 24.3 Å². The molecule has 2 aromatic carbocycles. The number of Topliss-reactive ketones (excluding diaryl/α,β-unsaturated/α-hetero) is 1. The monoisotopic (exact) mass is 399 g/mol. The Labute approximate surface area is 170 Å². The minimum Gasteiger partial charge on any atom is -0.456 e. The van der Waals surface area contributed by atoms with Crippen molar-refractivity contribution in [2.75, 3.05) is 11.9 Å². The summed E-state index contributed by atoms with van der Waals surface area (Å²) in [4.78, 5) is 35.7. The van der Waals surface area contributed by atoms with E-state index in [0.717, 1.165) is 12.8 Å². The van der Waals surface area contributed by atoms with Crippen LogP contribution in [0.1, 0.15) is 54.9 Å². The van der Waals surface area contributed by atoms with Crippen LogP contribution < -0.4 is 5.32 Å². The van der Waals surface area contributed by atoms with Gasteiger partial charge >= 0.3 is 5.97 Å². The maximum atomic E-state index is 12.8. The quantitative estimate of drug-likeness (QED) is 0.338. The lowest BCUT2D eigenvalue weighted by Crippen LogP contribution is -2.21. The van der Waals surface area contributed by atoms with Gasteiger partial charge in [0.15, 0.2) is 12.4 Å². The Morgan fingerprint density at radius 2 is 1.62 bits per heavy atom. The van der Waals surface area contributed by atoms with Gasteiger partial charge in [-0.2, -0.15) is 0 Å². The zero-order chi connectivity index (χ0) is 21.1. The van der Waals surface area contributed by atoms with Crippen LogP contribution in [0.4, 0.5) is 10.1 Å². The molecule has 0 aliphatic heterocycles. The fourth-order valence-electron chi connectivity index (χ4n) is 2.74. The average molecular weight is 399 g/mol. The molecule has 0 unspecified atom stereocenters. The van der Waals surface area contributed by atoms with Gasteiger partial charge in [0, 0.05) is 17.7 Å². The summed E-state index contributed by atoms with van der Waals surface area (Å²) in [5.74, 6) is -1.71. The molecule has 0 radical (unpaired) electrons. The normalized spacial score (nSPS) is 10.4. The topological polar surface area (TPSA) is 72.5 Å². The van der Waals surface area contributed by atoms with Crippen LogP contribution >= 0.6 is 0 Å². The van der Waals surface area contributed by atoms with Gasteiger partial charge in [0.1, 0.15) is 5.82 Å². The van der Waals surface area contributed by atoms with Crippen LogP contribution in [0, 0.1) is 5.82 Å². The van der Waals surface area contributed by atoms with E-state index in [2.05, 4.69) is 12.2 Å². The second-order valence-electron chi connectivity index (χ2n) is 6.79. The first-order valence-electron chi connectivity index (χ1n) is 9.81. The van der Waals surface area contributed by atoms with Gasteiger partial charge in [-0.3, -0.25) is 14.4 Å². The number of carbonyl (C=O) groups excluding carboxylic acids is 3. The summed E-state index contributed by atoms with van der Waals surface area (Å²) in [7, 11) is 0. The van der Waals surface area contributed by atoms with E-state index in [1.54, 1.807) is 12.1 Å². The molecular formula is C23H26FNO4. The molecule has 0 fully saturated rings. The van der Waals surface area contributed by atoms with E-state index in [1.165, 1.54) is 42.7 Å². The number of ketones is 1. The number of carbonyl (C=O) groups is 3. The zero-order valence-corrected chi connectivity index (χ0v) is 16.6. The second-order valence-corrected chi connectivity index (χ2v) is 6.79. The van der Waals surface area contributed by atoms with Crippen molar-refractivity contribution in [1.29, 1.82) is 0 Å². The van der Waals surface area contributed by atoms with Gasteiger partial charge in [0.25, 0.3) is 5.91 Å². The number of esters is 1. The summed E-state index contributed by atoms with van der Waals surface area (Å²) in [6, 6.07) is 12.7. The molecule has 1 N–H and O–H groups in total. The molecule has 0 aromatic heterocycles. The van der Waals surface area contributed by atoms with Gasteiger partial charge in [-0.05, 0) is 42.7 Å². The predicted octanol–water partition coefficient (Wildman–Crippen LogP) is 4.70. The number of rotatable bonds is 11. The maximum Gasteiger partial charge on any atom is 0.306 e. The molecule has 0 heterocycles. The molecule has 154 valence electrons. The van der Waals surface area contributed by atoms with E-state index in [1.807, 2.05) is 12.1 Å². The number of halogens is 1. The highest BCUT2D eigenvalue weighted by Crippen LogP contribution is 2.12. The summed E-state index contributed by atoms with van der Waals surface area (Å²) in [6.45, 7) is 1.70. The fourth-order valence-corrected chi connectivity index (χ4v) is 2.74. The number of nitrogens with one attached hydrogen (secondary N) is 1. The van der Waals surface area contributed by atoms with E-state index in [4.69, 9.17) is 4.74 Å². The number of unbranched alkanes of at least 4 members (excludes halogenated alkanes) is 2. The molecule has 2 rings (SSSR count). The van der Waals surface area contributed by atoms with Gasteiger partial charge in [0.05, 0.1) is 6.42 Å². The van der Waals surface area contributed by atoms with E-state index in [9.17, 15) is 18.8 Å². The van der Waals surface area contributed by atoms with Crippen LogP contribution in [0.15, 0.2) is 48.5 Å². The summed E-state index contributed by atoms with van der Waals surface area (Å²) in [6.07, 6.45) is 4.40. The third kappa shape index (κ3) is 8.25. The largest absolute Gasteiger partial charge is 0.456 e. The highest BCUT2D eigenvalue weighted by atomic mass is 19.1. The molecule has 0 bridgehead atoms. The first kappa shape index (κ1) is 22.3. The molecule has 29 heavy (non-hydrogen) atoms. The van der Waals surface area contributed by atoms with E-state index >= 15 is 0 Å². The summed E-state index contributed by atoms with van der Waals surface area (Å²) in [5, 5.41) is 2.49. The van der Waals surface area contributed by atoms with Crippen LogP contribution in [0.2, 0.25) is 0 Å². The number of aryl methyl sites for hydroxylation is 1. The highest BCUT2D eigenvalue weighted by Gasteiger charge is 2.12. The van der Waals surface area contributed by atoms with Crippen LogP contribution in [0.3, 0.4) is 0 Å². The summed E-state index contributed by atoms with van der Waals surface area (Å²) in [5.41, 5.74) is 2.16. The summed E-state index contributed by atoms with van der Waals surface area (Å²) >= 11 is 0. The fraction of sp³-hybridized carbons (Fsp3) is 0.348. The van der Waals surface area contributed by atoms with Crippen molar-refractivity contribution < 1.29 is 23.5 Å². The highest BCUT2D eigenvalue weighted by molar-refractivity contribution is 5.98. The Morgan fingerprint density at radius 1 is 0.931 bits per heavy atom. The van der Waals surface area contributed by atoms with Crippen LogP contribution in [0.5, 0.6) is 0 Å². The smallest absolute Gasteiger partial charge is 0.306 e. The van der Waals surface area contributed by atoms with Gasteiger partial charge in [-0.1, -0.05) is 44.0 Å². The SMILES string of the molecule is CCCCCc1ccc(C(=O)CCC(=O)OCC(=O)Nc2ccc(F)cc2)cc1. The predicted molar refractivity (Wildman–Crippen MR) is 109 cm³/mol. The molecule has 6 heteroatoms. The van der Waals surface area contributed by atoms with Gasteiger partial charge < -0.3 is 10.1 Å². The second kappa shape index (κ2) is 11.7.